The second-order valence-electron chi connectivity index (χ2n) is 10.2. The van der Waals surface area contributed by atoms with Gasteiger partial charge in [-0.1, -0.05) is 0 Å². The van der Waals surface area contributed by atoms with Crippen LogP contribution in [-0.4, -0.2) is 118 Å². The molecular formula is C32H41N5Na2O11S. The number of nitrogens with zero attached hydrogens (tertiary/aromatic N) is 5. The standard InChI is InChI=1S/C32H43N5O11S.2Na/c1-22-18-24(6-7-26(22)35-36-30-25(19-33)23(2)29(34-3)49-30)37(9-11-45-14-16-47-20-27(42-4)31(38)39)8-10-44-12-13-46-15-17-48-21-28(43-5)32(40)41;;/h6-7,18,27-28H,8-17,20-21H2,1-2,4-5H3,(H,38,39)(H,40,41);;/q;2*+1/p-2. The van der Waals surface area contributed by atoms with Crippen molar-refractivity contribution in [2.24, 2.45) is 10.2 Å². The Morgan fingerprint density at radius 2 is 1.35 bits per heavy atom. The first kappa shape index (κ1) is 49.0. The number of anilines is 1. The number of carboxylic acids is 2. The van der Waals surface area contributed by atoms with E-state index in [0.29, 0.717) is 66.3 Å². The van der Waals surface area contributed by atoms with Crippen LogP contribution >= 0.6 is 11.3 Å². The minimum Gasteiger partial charge on any atom is -0.547 e. The topological polar surface area (TPSA) is 201 Å². The summed E-state index contributed by atoms with van der Waals surface area (Å²) in [7, 11) is 2.53. The van der Waals surface area contributed by atoms with Gasteiger partial charge in [0.25, 0.3) is 0 Å². The van der Waals surface area contributed by atoms with Crippen molar-refractivity contribution in [3.05, 3.63) is 46.3 Å². The van der Waals surface area contributed by atoms with Gasteiger partial charge in [-0.3, -0.25) is 0 Å². The molecule has 1 aromatic carbocycles. The predicted octanol–water partition coefficient (Wildman–Crippen LogP) is -4.37. The average molecular weight is 750 g/mol. The molecule has 16 nitrogen and oxygen atoms in total. The van der Waals surface area contributed by atoms with Gasteiger partial charge in [0, 0.05) is 33.0 Å². The van der Waals surface area contributed by atoms with Crippen LogP contribution in [0.5, 0.6) is 0 Å². The maximum Gasteiger partial charge on any atom is 1.00 e. The average Bonchev–Trinajstić information content (AvgIpc) is 3.40. The van der Waals surface area contributed by atoms with Crippen LogP contribution in [0.25, 0.3) is 4.85 Å². The van der Waals surface area contributed by atoms with Crippen molar-refractivity contribution >= 4 is 44.7 Å². The first-order valence-electron chi connectivity index (χ1n) is 15.2. The third-order valence-electron chi connectivity index (χ3n) is 6.87. The van der Waals surface area contributed by atoms with E-state index in [2.05, 4.69) is 26.0 Å². The van der Waals surface area contributed by atoms with E-state index in [9.17, 15) is 25.1 Å². The van der Waals surface area contributed by atoms with Gasteiger partial charge in [0.1, 0.15) is 23.3 Å². The zero-order valence-electron chi connectivity index (χ0n) is 30.0. The van der Waals surface area contributed by atoms with Crippen LogP contribution in [-0.2, 0) is 42.7 Å². The van der Waals surface area contributed by atoms with E-state index < -0.39 is 24.1 Å². The monoisotopic (exact) mass is 749 g/mol. The molecule has 0 radical (unpaired) electrons. The molecule has 0 saturated heterocycles. The Labute approximate surface area is 346 Å². The second kappa shape index (κ2) is 28.5. The van der Waals surface area contributed by atoms with Gasteiger partial charge in [0.05, 0.1) is 95.8 Å². The smallest absolute Gasteiger partial charge is 0.547 e. The third kappa shape index (κ3) is 18.0. The molecule has 268 valence electrons. The number of hydrogen-bond donors (Lipinski definition) is 0. The fraction of sp³-hybridized carbons (Fsp3) is 0.562. The number of carbonyl (C=O) groups is 2. The molecule has 1 heterocycles. The normalized spacial score (nSPS) is 12.0. The van der Waals surface area contributed by atoms with Crippen molar-refractivity contribution in [2.45, 2.75) is 26.1 Å². The first-order valence-corrected chi connectivity index (χ1v) is 16.0. The third-order valence-corrected chi connectivity index (χ3v) is 7.94. The summed E-state index contributed by atoms with van der Waals surface area (Å²) in [6, 6.07) is 7.76. The maximum atomic E-state index is 10.9. The van der Waals surface area contributed by atoms with Gasteiger partial charge in [0.2, 0.25) is 5.00 Å². The summed E-state index contributed by atoms with van der Waals surface area (Å²) in [6.45, 7) is 13.9. The Morgan fingerprint density at radius 1 is 0.863 bits per heavy atom. The van der Waals surface area contributed by atoms with E-state index in [4.69, 9.17) is 39.7 Å². The number of hydrogen-bond acceptors (Lipinski definition) is 16. The molecule has 0 amide bonds. The molecule has 0 aliphatic rings. The zero-order chi connectivity index (χ0) is 36.0. The van der Waals surface area contributed by atoms with E-state index >= 15 is 0 Å². The summed E-state index contributed by atoms with van der Waals surface area (Å²) in [5.41, 5.74) is 3.27. The molecule has 2 atom stereocenters. The molecule has 0 N–H and O–H groups in total. The van der Waals surface area contributed by atoms with Crippen LogP contribution in [0.15, 0.2) is 28.4 Å². The quantitative estimate of drug-likeness (QED) is 0.0387. The van der Waals surface area contributed by atoms with Crippen LogP contribution in [0, 0.1) is 31.8 Å². The minimum absolute atomic E-state index is 0. The molecule has 19 heteroatoms. The number of thiophene rings is 1. The van der Waals surface area contributed by atoms with Crippen LogP contribution in [0.3, 0.4) is 0 Å². The molecule has 0 bridgehead atoms. The Morgan fingerprint density at radius 3 is 1.78 bits per heavy atom. The molecule has 0 spiro atoms. The Balaban J connectivity index is 0.0000125. The molecule has 0 aliphatic carbocycles. The van der Waals surface area contributed by atoms with Gasteiger partial charge in [-0.2, -0.15) is 5.26 Å². The molecule has 0 saturated carbocycles. The van der Waals surface area contributed by atoms with Crippen LogP contribution in [0.4, 0.5) is 21.4 Å². The van der Waals surface area contributed by atoms with Gasteiger partial charge < -0.3 is 57.9 Å². The van der Waals surface area contributed by atoms with Crippen molar-refractivity contribution in [1.82, 2.24) is 0 Å². The summed E-state index contributed by atoms with van der Waals surface area (Å²) in [5.74, 6) is -2.69. The SMILES string of the molecule is [C-]#[N+]c1sc(N=Nc2ccc(N(CCOCCOCCOCC(OC)C(=O)[O-])CCOCCOCC(OC)C(=O)[O-])cc2C)c(C#N)c1C.[Na+].[Na+]. The summed E-state index contributed by atoms with van der Waals surface area (Å²) in [6.07, 6.45) is -2.28. The van der Waals surface area contributed by atoms with Crippen LogP contribution in [0.2, 0.25) is 0 Å². The summed E-state index contributed by atoms with van der Waals surface area (Å²) in [5, 5.41) is 40.6. The number of azo groups is 1. The van der Waals surface area contributed by atoms with Crippen LogP contribution < -0.4 is 74.2 Å². The van der Waals surface area contributed by atoms with Gasteiger partial charge in [0.15, 0.2) is 0 Å². The second-order valence-corrected chi connectivity index (χ2v) is 11.1. The number of aryl methyl sites for hydroxylation is 1. The summed E-state index contributed by atoms with van der Waals surface area (Å²) in [4.78, 5) is 27.3. The summed E-state index contributed by atoms with van der Waals surface area (Å²) < 4.78 is 37.0. The number of nitriles is 1. The first-order chi connectivity index (χ1) is 23.7. The van der Waals surface area contributed by atoms with Gasteiger partial charge in [-0.25, -0.2) is 4.85 Å². The summed E-state index contributed by atoms with van der Waals surface area (Å²) >= 11 is 1.13. The van der Waals surface area contributed by atoms with Crippen molar-refractivity contribution < 1.29 is 112 Å². The number of ether oxygens (including phenoxy) is 7. The Hall–Kier alpha value is -2.04. The largest absolute Gasteiger partial charge is 1.00 e. The van der Waals surface area contributed by atoms with E-state index in [0.717, 1.165) is 22.6 Å². The fourth-order valence-electron chi connectivity index (χ4n) is 4.07. The number of aliphatic carboxylic acids is 2. The molecule has 1 aromatic heterocycles. The molecule has 0 fully saturated rings. The predicted molar refractivity (Wildman–Crippen MR) is 173 cm³/mol. The van der Waals surface area contributed by atoms with E-state index in [-0.39, 0.29) is 98.8 Å². The molecular weight excluding hydrogens is 708 g/mol. The molecule has 2 rings (SSSR count). The van der Waals surface area contributed by atoms with Gasteiger partial charge in [-0.15, -0.1) is 21.6 Å². The fourth-order valence-corrected chi connectivity index (χ4v) is 4.93. The molecule has 0 aliphatic heterocycles. The Kier molecular flexibility index (Phi) is 27.3. The maximum absolute atomic E-state index is 10.9. The number of carboxylic acid groups (broad SMARTS) is 2. The number of rotatable bonds is 26. The van der Waals surface area contributed by atoms with Gasteiger partial charge >= 0.3 is 59.1 Å². The van der Waals surface area contributed by atoms with E-state index in [1.54, 1.807) is 6.92 Å². The Bertz CT molecular complexity index is 1450. The minimum atomic E-state index is -1.35. The van der Waals surface area contributed by atoms with Crippen molar-refractivity contribution in [3.8, 4) is 6.07 Å². The van der Waals surface area contributed by atoms with Crippen molar-refractivity contribution in [3.63, 3.8) is 0 Å². The molecule has 2 aromatic rings. The van der Waals surface area contributed by atoms with E-state index in [1.165, 1.54) is 14.2 Å². The van der Waals surface area contributed by atoms with E-state index in [1.807, 2.05) is 25.1 Å². The molecule has 51 heavy (non-hydrogen) atoms. The van der Waals surface area contributed by atoms with Crippen LogP contribution in [0.1, 0.15) is 16.7 Å². The number of benzene rings is 1. The zero-order valence-corrected chi connectivity index (χ0v) is 34.8. The van der Waals surface area contributed by atoms with Crippen molar-refractivity contribution in [1.29, 1.82) is 5.26 Å². The number of methoxy groups -OCH3 is 2. The van der Waals surface area contributed by atoms with Crippen molar-refractivity contribution in [2.75, 3.05) is 98.3 Å². The molecule has 2 unspecified atom stereocenters. The van der Waals surface area contributed by atoms with Gasteiger partial charge in [-0.05, 0) is 43.2 Å². The number of carbonyl (C=O) groups excluding carboxylic acids is 2.